The number of rotatable bonds is 7. The Morgan fingerprint density at radius 1 is 1.06 bits per heavy atom. The molecule has 4 rings (SSSR count). The zero-order chi connectivity index (χ0) is 22.0. The molecule has 2 atom stereocenters. The number of aromatic nitrogens is 3. The van der Waals surface area contributed by atoms with Crippen molar-refractivity contribution in [3.63, 3.8) is 0 Å². The Kier molecular flexibility index (Phi) is 5.62. The summed E-state index contributed by atoms with van der Waals surface area (Å²) in [6.07, 6.45) is 3.32. The van der Waals surface area contributed by atoms with Gasteiger partial charge in [0.2, 0.25) is 0 Å². The van der Waals surface area contributed by atoms with Crippen LogP contribution in [0, 0.1) is 4.78 Å². The highest BCUT2D eigenvalue weighted by Crippen LogP contribution is 2.33. The van der Waals surface area contributed by atoms with Gasteiger partial charge in [0.15, 0.2) is 0 Å². The van der Waals surface area contributed by atoms with Gasteiger partial charge in [-0.2, -0.15) is 5.10 Å². The fourth-order valence-corrected chi connectivity index (χ4v) is 4.45. The average Bonchev–Trinajstić information content (AvgIpc) is 3.20. The van der Waals surface area contributed by atoms with Gasteiger partial charge in [0.25, 0.3) is 0 Å². The lowest BCUT2D eigenvalue weighted by atomic mass is 10.2. The van der Waals surface area contributed by atoms with Crippen molar-refractivity contribution in [3.05, 3.63) is 77.4 Å². The van der Waals surface area contributed by atoms with Gasteiger partial charge >= 0.3 is 0 Å². The third-order valence-electron chi connectivity index (χ3n) is 4.87. The van der Waals surface area contributed by atoms with E-state index < -0.39 is 16.0 Å². The smallest absolute Gasteiger partial charge is 0.138 e. The van der Waals surface area contributed by atoms with E-state index in [0.717, 1.165) is 22.3 Å². The molecule has 2 heterocycles. The van der Waals surface area contributed by atoms with Crippen molar-refractivity contribution in [2.24, 2.45) is 7.05 Å². The van der Waals surface area contributed by atoms with Gasteiger partial charge in [-0.25, -0.2) is 0 Å². The maximum absolute atomic E-state index is 12.9. The van der Waals surface area contributed by atoms with Crippen LogP contribution in [0.25, 0.3) is 15.6 Å². The topological polar surface area (TPSA) is 104 Å². The van der Waals surface area contributed by atoms with Gasteiger partial charge in [0.1, 0.15) is 17.2 Å². The van der Waals surface area contributed by atoms with Crippen LogP contribution in [0.5, 0.6) is 17.2 Å². The molecule has 1 unspecified atom stereocenters. The first-order valence-electron chi connectivity index (χ1n) is 9.57. The molecule has 2 aromatic heterocycles. The van der Waals surface area contributed by atoms with Gasteiger partial charge in [0, 0.05) is 41.5 Å². The predicted molar refractivity (Wildman–Crippen MR) is 119 cm³/mol. The zero-order valence-corrected chi connectivity index (χ0v) is 18.2. The van der Waals surface area contributed by atoms with Gasteiger partial charge in [0.05, 0.1) is 12.6 Å². The molecule has 0 radical (unpaired) electrons. The van der Waals surface area contributed by atoms with Gasteiger partial charge < -0.3 is 14.2 Å². The van der Waals surface area contributed by atoms with E-state index in [0.29, 0.717) is 16.4 Å². The number of methoxy groups -OCH3 is 1. The Morgan fingerprint density at radius 2 is 1.81 bits per heavy atom. The molecular formula is C22H22N5O3S-. The summed E-state index contributed by atoms with van der Waals surface area (Å²) in [4.78, 5) is 4.67. The van der Waals surface area contributed by atoms with Crippen LogP contribution in [0.3, 0.4) is 0 Å². The Bertz CT molecular complexity index is 1320. The minimum atomic E-state index is -3.33. The van der Waals surface area contributed by atoms with Crippen molar-refractivity contribution in [2.45, 2.75) is 17.9 Å². The lowest BCUT2D eigenvalue weighted by Gasteiger charge is -2.30. The first-order valence-corrected chi connectivity index (χ1v) is 11.1. The number of nitrogens with one attached hydrogen (secondary N) is 1. The molecule has 8 nitrogen and oxygen atoms in total. The molecule has 160 valence electrons. The number of ether oxygens (including phenoxy) is 2. The van der Waals surface area contributed by atoms with Crippen molar-refractivity contribution >= 4 is 20.8 Å². The first-order chi connectivity index (χ1) is 14.9. The zero-order valence-electron chi connectivity index (χ0n) is 17.4. The third kappa shape index (κ3) is 4.37. The second kappa shape index (κ2) is 8.37. The quantitative estimate of drug-likeness (QED) is 0.427. The van der Waals surface area contributed by atoms with Crippen LogP contribution in [0.4, 0.5) is 0 Å². The van der Waals surface area contributed by atoms with E-state index in [-0.39, 0.29) is 0 Å². The standard InChI is InChI=1S/C22H22N5O3S/c1-15(21-10-13-25-27(21)2)26-31(23,28)18-7-4-16(5-8-18)30-22-11-12-24-20-14-17(29-3)6-9-19(20)22/h4-15H,1-3H3,(H-,23,26,28)/q-1/t15-,31?/m0/s1. The molecule has 2 aromatic carbocycles. The summed E-state index contributed by atoms with van der Waals surface area (Å²) in [5.41, 5.74) is 1.55. The molecule has 0 aliphatic rings. The number of hydrogen-bond donors (Lipinski definition) is 1. The highest BCUT2D eigenvalue weighted by atomic mass is 32.2. The van der Waals surface area contributed by atoms with Crippen molar-refractivity contribution in [2.75, 3.05) is 7.11 Å². The van der Waals surface area contributed by atoms with E-state index in [1.54, 1.807) is 74.6 Å². The number of benzene rings is 2. The molecule has 0 aliphatic carbocycles. The van der Waals surface area contributed by atoms with Crippen LogP contribution in [0.15, 0.2) is 71.9 Å². The molecule has 0 spiro atoms. The van der Waals surface area contributed by atoms with E-state index in [1.165, 1.54) is 0 Å². The van der Waals surface area contributed by atoms with Crippen molar-refractivity contribution in [1.29, 1.82) is 4.78 Å². The molecule has 0 saturated carbocycles. The fraction of sp³-hybridized carbons (Fsp3) is 0.182. The number of aryl methyl sites for hydroxylation is 1. The first kappa shape index (κ1) is 20.8. The Balaban J connectivity index is 1.53. The van der Waals surface area contributed by atoms with Crippen LogP contribution in [-0.2, 0) is 17.0 Å². The predicted octanol–water partition coefficient (Wildman–Crippen LogP) is 5.22. The molecule has 1 N–H and O–H groups in total. The normalized spacial score (nSPS) is 14.2. The third-order valence-corrected chi connectivity index (χ3v) is 6.40. The summed E-state index contributed by atoms with van der Waals surface area (Å²) in [6, 6.07) is 15.3. The summed E-state index contributed by atoms with van der Waals surface area (Å²) in [7, 11) is 0.0683. The van der Waals surface area contributed by atoms with E-state index in [1.807, 2.05) is 18.2 Å². The molecule has 4 aromatic rings. The van der Waals surface area contributed by atoms with Gasteiger partial charge in [-0.3, -0.25) is 18.7 Å². The maximum atomic E-state index is 12.9. The molecule has 0 amide bonds. The Labute approximate surface area is 180 Å². The Morgan fingerprint density at radius 3 is 2.48 bits per heavy atom. The summed E-state index contributed by atoms with van der Waals surface area (Å²) in [6.45, 7) is 1.80. The van der Waals surface area contributed by atoms with Crippen LogP contribution in [0.1, 0.15) is 18.7 Å². The summed E-state index contributed by atoms with van der Waals surface area (Å²) in [5, 5.41) is 4.94. The molecule has 0 saturated heterocycles. The van der Waals surface area contributed by atoms with Gasteiger partial charge in [-0.05, 0) is 58.4 Å². The van der Waals surface area contributed by atoms with Crippen LogP contribution in [0.2, 0.25) is 0 Å². The van der Waals surface area contributed by atoms with Crippen LogP contribution < -0.4 is 9.47 Å². The highest BCUT2D eigenvalue weighted by molar-refractivity contribution is 7.95. The number of hydrogen-bond acceptors (Lipinski definition) is 6. The second-order valence-electron chi connectivity index (χ2n) is 6.95. The van der Waals surface area contributed by atoms with Crippen molar-refractivity contribution in [3.8, 4) is 17.2 Å². The second-order valence-corrected chi connectivity index (χ2v) is 8.69. The Hall–Kier alpha value is -3.43. The minimum absolute atomic E-state index is 0.318. The van der Waals surface area contributed by atoms with Crippen molar-refractivity contribution in [1.82, 2.24) is 14.8 Å². The number of fused-ring (bicyclic) bond motifs is 1. The molecular weight excluding hydrogens is 414 g/mol. The van der Waals surface area contributed by atoms with E-state index in [9.17, 15) is 4.21 Å². The molecule has 9 heteroatoms. The molecule has 31 heavy (non-hydrogen) atoms. The van der Waals surface area contributed by atoms with Crippen LogP contribution >= 0.6 is 0 Å². The largest absolute Gasteiger partial charge is 0.555 e. The minimum Gasteiger partial charge on any atom is -0.555 e. The summed E-state index contributed by atoms with van der Waals surface area (Å²) < 4.78 is 38.3. The summed E-state index contributed by atoms with van der Waals surface area (Å²) in [5.74, 6) is 1.92. The SMILES string of the molecule is COc1ccc2c(Oc3ccc(S(=N)(=O)[N-][C@@H](C)c4ccnn4C)cc3)ccnc2c1. The van der Waals surface area contributed by atoms with Crippen molar-refractivity contribution < 1.29 is 13.7 Å². The number of nitrogens with zero attached hydrogens (tertiary/aromatic N) is 4. The fourth-order valence-electron chi connectivity index (χ4n) is 3.27. The monoisotopic (exact) mass is 436 g/mol. The molecule has 0 fully saturated rings. The van der Waals surface area contributed by atoms with Crippen LogP contribution in [-0.4, -0.2) is 26.1 Å². The maximum Gasteiger partial charge on any atom is 0.138 e. The van der Waals surface area contributed by atoms with Gasteiger partial charge in [-0.1, -0.05) is 13.0 Å². The molecule has 0 aliphatic heterocycles. The lowest BCUT2D eigenvalue weighted by Crippen LogP contribution is -2.06. The number of pyridine rings is 1. The average molecular weight is 437 g/mol. The van der Waals surface area contributed by atoms with E-state index >= 15 is 0 Å². The van der Waals surface area contributed by atoms with E-state index in [2.05, 4.69) is 14.8 Å². The van der Waals surface area contributed by atoms with E-state index in [4.69, 9.17) is 14.3 Å². The highest BCUT2D eigenvalue weighted by Gasteiger charge is 2.09. The molecule has 0 bridgehead atoms. The van der Waals surface area contributed by atoms with Gasteiger partial charge in [-0.15, -0.1) is 0 Å². The lowest BCUT2D eigenvalue weighted by molar-refractivity contribution is 0.415. The summed E-state index contributed by atoms with van der Waals surface area (Å²) >= 11 is 0.